The largest absolute Gasteiger partial charge is 0.455 e. The zero-order chi connectivity index (χ0) is 61.3. The summed E-state index contributed by atoms with van der Waals surface area (Å²) in [7, 11) is 0. The van der Waals surface area contributed by atoms with Gasteiger partial charge in [-0.15, -0.1) is 0 Å². The first kappa shape index (κ1) is 54.7. The highest BCUT2D eigenvalue weighted by atomic mass is 16.3. The Kier molecular flexibility index (Phi) is 11.8. The molecule has 436 valence electrons. The van der Waals surface area contributed by atoms with E-state index in [1.807, 2.05) is 0 Å². The van der Waals surface area contributed by atoms with Crippen LogP contribution in [0.3, 0.4) is 0 Å². The number of para-hydroxylation sites is 2. The molecule has 12 aromatic carbocycles. The molecule has 0 unspecified atom stereocenters. The second-order valence-corrected chi connectivity index (χ2v) is 29.3. The summed E-state index contributed by atoms with van der Waals surface area (Å²) in [6, 6.07) is 87.3. The van der Waals surface area contributed by atoms with Gasteiger partial charge in [-0.25, -0.2) is 0 Å². The van der Waals surface area contributed by atoms with Crippen molar-refractivity contribution in [2.75, 3.05) is 9.80 Å². The second-order valence-electron chi connectivity index (χ2n) is 29.3. The summed E-state index contributed by atoms with van der Waals surface area (Å²) < 4.78 is 14.7. The van der Waals surface area contributed by atoms with Gasteiger partial charge in [0, 0.05) is 49.7 Å². The molecule has 14 aromatic rings. The van der Waals surface area contributed by atoms with Gasteiger partial charge < -0.3 is 18.6 Å². The number of hydrogen-bond acceptors (Lipinski definition) is 4. The number of nitrogens with zero attached hydrogens (tertiary/aromatic N) is 2. The van der Waals surface area contributed by atoms with Crippen molar-refractivity contribution in [1.29, 1.82) is 0 Å². The number of furan rings is 2. The Balaban J connectivity index is 1.06. The number of hydrogen-bond donors (Lipinski definition) is 0. The summed E-state index contributed by atoms with van der Waals surface area (Å²) in [5.41, 5.74) is 24.1. The normalized spacial score (nSPS) is 13.7. The third-order valence-electron chi connectivity index (χ3n) is 19.7. The monoisotopic (exact) mass is 1150 g/mol. The topological polar surface area (TPSA) is 32.8 Å². The molecule has 0 saturated heterocycles. The van der Waals surface area contributed by atoms with E-state index < -0.39 is 5.41 Å². The Morgan fingerprint density at radius 1 is 0.292 bits per heavy atom. The van der Waals surface area contributed by atoms with Gasteiger partial charge in [-0.3, -0.25) is 0 Å². The van der Waals surface area contributed by atoms with Crippen LogP contribution in [-0.4, -0.2) is 0 Å². The molecule has 0 saturated carbocycles. The van der Waals surface area contributed by atoms with Crippen molar-refractivity contribution in [2.45, 2.75) is 110 Å². The lowest BCUT2D eigenvalue weighted by Crippen LogP contribution is -2.26. The lowest BCUT2D eigenvalue weighted by Gasteiger charge is -2.33. The second kappa shape index (κ2) is 19.2. The minimum atomic E-state index is -0.746. The molecule has 4 heteroatoms. The predicted molar refractivity (Wildman–Crippen MR) is 376 cm³/mol. The smallest absolute Gasteiger partial charge is 0.145 e. The van der Waals surface area contributed by atoms with E-state index in [2.05, 4.69) is 323 Å². The van der Waals surface area contributed by atoms with Crippen LogP contribution in [0.4, 0.5) is 34.1 Å². The third kappa shape index (κ3) is 8.25. The lowest BCUT2D eigenvalue weighted by atomic mass is 9.70. The summed E-state index contributed by atoms with van der Waals surface area (Å²) >= 11 is 0. The van der Waals surface area contributed by atoms with Crippen molar-refractivity contribution in [3.63, 3.8) is 0 Å². The zero-order valence-electron chi connectivity index (χ0n) is 53.2. The summed E-state index contributed by atoms with van der Waals surface area (Å²) in [5, 5.41) is 8.70. The number of rotatable bonds is 6. The van der Waals surface area contributed by atoms with Gasteiger partial charge in [-0.2, -0.15) is 0 Å². The van der Waals surface area contributed by atoms with Crippen LogP contribution in [-0.2, 0) is 27.1 Å². The molecule has 0 bridgehead atoms. The van der Waals surface area contributed by atoms with Crippen molar-refractivity contribution in [1.82, 2.24) is 0 Å². The molecule has 2 aliphatic carbocycles. The number of anilines is 6. The van der Waals surface area contributed by atoms with Crippen LogP contribution >= 0.6 is 0 Å². The lowest BCUT2D eigenvalue weighted by molar-refractivity contribution is 0.590. The summed E-state index contributed by atoms with van der Waals surface area (Å²) in [6.45, 7) is 27.5. The van der Waals surface area contributed by atoms with Crippen LogP contribution in [0.5, 0.6) is 0 Å². The van der Waals surface area contributed by atoms with Crippen LogP contribution in [0.25, 0.3) is 87.7 Å². The molecule has 2 aromatic heterocycles. The Bertz CT molecular complexity index is 5040. The first-order valence-electron chi connectivity index (χ1n) is 31.7. The fourth-order valence-electron chi connectivity index (χ4n) is 15.0. The zero-order valence-corrected chi connectivity index (χ0v) is 53.2. The van der Waals surface area contributed by atoms with Gasteiger partial charge in [0.25, 0.3) is 0 Å². The van der Waals surface area contributed by atoms with Crippen LogP contribution in [0.15, 0.2) is 239 Å². The van der Waals surface area contributed by atoms with Gasteiger partial charge in [0.2, 0.25) is 0 Å². The molecule has 2 heterocycles. The van der Waals surface area contributed by atoms with Gasteiger partial charge in [0.1, 0.15) is 22.3 Å². The van der Waals surface area contributed by atoms with E-state index in [0.29, 0.717) is 0 Å². The van der Waals surface area contributed by atoms with Crippen molar-refractivity contribution in [3.8, 4) is 22.3 Å². The van der Waals surface area contributed by atoms with E-state index in [9.17, 15) is 0 Å². The Morgan fingerprint density at radius 3 is 1.15 bits per heavy atom. The number of fused-ring (bicyclic) bond motifs is 21. The fourth-order valence-corrected chi connectivity index (χ4v) is 15.0. The van der Waals surface area contributed by atoms with Crippen molar-refractivity contribution >= 4 is 99.5 Å². The molecule has 0 fully saturated rings. The van der Waals surface area contributed by atoms with E-state index >= 15 is 0 Å². The molecule has 2 aliphatic rings. The maximum Gasteiger partial charge on any atom is 0.145 e. The van der Waals surface area contributed by atoms with E-state index in [1.54, 1.807) is 0 Å². The molecule has 0 amide bonds. The average molecular weight is 1160 g/mol. The number of benzene rings is 12. The summed E-state index contributed by atoms with van der Waals surface area (Å²) in [6.07, 6.45) is 0. The van der Waals surface area contributed by atoms with Crippen LogP contribution in [0, 0.1) is 0 Å². The molecular formula is C85H74N2O2. The maximum absolute atomic E-state index is 7.37. The van der Waals surface area contributed by atoms with Crippen molar-refractivity contribution in [2.24, 2.45) is 0 Å². The van der Waals surface area contributed by atoms with E-state index in [-0.39, 0.29) is 21.7 Å². The molecule has 4 nitrogen and oxygen atoms in total. The molecular weight excluding hydrogens is 1080 g/mol. The molecule has 0 radical (unpaired) electrons. The van der Waals surface area contributed by atoms with Crippen molar-refractivity contribution < 1.29 is 8.83 Å². The van der Waals surface area contributed by atoms with E-state index in [1.165, 1.54) is 66.8 Å². The average Bonchev–Trinajstić information content (AvgIpc) is 1.50. The minimum absolute atomic E-state index is 0.0159. The van der Waals surface area contributed by atoms with Crippen molar-refractivity contribution in [3.05, 3.63) is 275 Å². The summed E-state index contributed by atoms with van der Waals surface area (Å²) in [4.78, 5) is 4.98. The summed E-state index contributed by atoms with van der Waals surface area (Å²) in [5.74, 6) is 0. The van der Waals surface area contributed by atoms with Gasteiger partial charge in [-0.1, -0.05) is 223 Å². The molecule has 0 atom stereocenters. The highest BCUT2D eigenvalue weighted by molar-refractivity contribution is 6.26. The van der Waals surface area contributed by atoms with Gasteiger partial charge in [-0.05, 0) is 190 Å². The van der Waals surface area contributed by atoms with Gasteiger partial charge in [0.05, 0.1) is 22.2 Å². The standard InChI is InChI=1S/C85H74N2O2/c1-81(2,3)52-29-37-56(38-30-52)86(57-39-31-53(32-40-57)82(4,5)6)72-48-51-47-70-67(49-66(51)80-77(72)64-24-16-20-28-75(64)89-80)76-65-46-45-63-62-23-15-19-27-74(62)88-79(63)78(65)73(50-71(76)85(70)68-25-17-13-21-60(68)61-22-14-18-26-69(61)85)87(58-41-33-54(34-42-58)83(7,8)9)59-43-35-55(36-44-59)84(10,11)12/h13-50H,1-12H3. The van der Waals surface area contributed by atoms with Crippen LogP contribution in [0.2, 0.25) is 0 Å². The highest BCUT2D eigenvalue weighted by Gasteiger charge is 2.53. The van der Waals surface area contributed by atoms with Crippen LogP contribution in [0.1, 0.15) is 128 Å². The molecule has 0 N–H and O–H groups in total. The quantitative estimate of drug-likeness (QED) is 0.166. The molecule has 89 heavy (non-hydrogen) atoms. The van der Waals surface area contributed by atoms with Crippen LogP contribution < -0.4 is 9.80 Å². The highest BCUT2D eigenvalue weighted by Crippen LogP contribution is 2.66. The van der Waals surface area contributed by atoms with Gasteiger partial charge in [0.15, 0.2) is 0 Å². The first-order valence-corrected chi connectivity index (χ1v) is 31.7. The SMILES string of the molecule is CC(C)(C)c1ccc(N(c2ccc(C(C)(C)C)cc2)c2cc3c(c4ccc5c6ccccc6oc5c24)-c2cc4c(cc2C32c3ccccc3-c3ccccc32)cc(N(c2ccc(C(C)(C)C)cc2)c2ccc(C(C)(C)C)cc2)c2c3ccccc3oc42)cc1. The predicted octanol–water partition coefficient (Wildman–Crippen LogP) is 24.3. The molecule has 0 aliphatic heterocycles. The Labute approximate surface area is 522 Å². The first-order chi connectivity index (χ1) is 42.7. The Hall–Kier alpha value is -9.64. The van der Waals surface area contributed by atoms with Gasteiger partial charge >= 0.3 is 0 Å². The van der Waals surface area contributed by atoms with E-state index in [0.717, 1.165) is 99.5 Å². The van der Waals surface area contributed by atoms with E-state index in [4.69, 9.17) is 8.83 Å². The molecule has 1 spiro atoms. The Morgan fingerprint density at radius 2 is 0.674 bits per heavy atom. The minimum Gasteiger partial charge on any atom is -0.455 e. The third-order valence-corrected chi connectivity index (χ3v) is 19.7. The fraction of sp³-hybridized carbons (Fsp3) is 0.200. The molecule has 16 rings (SSSR count). The maximum atomic E-state index is 7.37.